The summed E-state index contributed by atoms with van der Waals surface area (Å²) in [5, 5.41) is 6.64. The Kier molecular flexibility index (Phi) is 4.55. The number of nitrogens with zero attached hydrogens (tertiary/aromatic N) is 1. The van der Waals surface area contributed by atoms with Gasteiger partial charge in [0.05, 0.1) is 5.56 Å². The van der Waals surface area contributed by atoms with Gasteiger partial charge in [0.25, 0.3) is 5.91 Å². The van der Waals surface area contributed by atoms with Crippen molar-refractivity contribution in [3.05, 3.63) is 28.8 Å². The number of nitrogens with one attached hydrogen (secondary N) is 2. The molecule has 1 fully saturated rings. The van der Waals surface area contributed by atoms with E-state index in [9.17, 15) is 4.79 Å². The first kappa shape index (κ1) is 15.1. The monoisotopic (exact) mass is 295 g/mol. The molecule has 0 spiro atoms. The largest absolute Gasteiger partial charge is 0.387 e. The summed E-state index contributed by atoms with van der Waals surface area (Å²) >= 11 is 5.98. The van der Waals surface area contributed by atoms with E-state index < -0.39 is 0 Å². The molecule has 0 radical (unpaired) electrons. The lowest BCUT2D eigenvalue weighted by Gasteiger charge is -2.47. The van der Waals surface area contributed by atoms with Gasteiger partial charge in [0.15, 0.2) is 0 Å². The lowest BCUT2D eigenvalue weighted by atomic mass is 9.75. The summed E-state index contributed by atoms with van der Waals surface area (Å²) in [6, 6.07) is 5.30. The molecular weight excluding hydrogens is 274 g/mol. The number of halogens is 1. The maximum Gasteiger partial charge on any atom is 0.253 e. The van der Waals surface area contributed by atoms with Gasteiger partial charge in [-0.2, -0.15) is 0 Å². The van der Waals surface area contributed by atoms with Gasteiger partial charge in [0, 0.05) is 29.8 Å². The molecule has 110 valence electrons. The Bertz CT molecular complexity index is 498. The molecule has 1 saturated carbocycles. The van der Waals surface area contributed by atoms with Crippen molar-refractivity contribution in [3.63, 3.8) is 0 Å². The third kappa shape index (κ3) is 2.91. The van der Waals surface area contributed by atoms with Crippen molar-refractivity contribution in [1.29, 1.82) is 0 Å². The zero-order valence-corrected chi connectivity index (χ0v) is 13.0. The third-order valence-electron chi connectivity index (χ3n) is 4.31. The van der Waals surface area contributed by atoms with Crippen LogP contribution in [-0.2, 0) is 0 Å². The first-order valence-corrected chi connectivity index (χ1v) is 7.29. The molecule has 2 N–H and O–H groups in total. The van der Waals surface area contributed by atoms with Crippen LogP contribution in [0.3, 0.4) is 0 Å². The second kappa shape index (κ2) is 6.02. The van der Waals surface area contributed by atoms with E-state index in [1.165, 1.54) is 6.42 Å². The fraction of sp³-hybridized carbons (Fsp3) is 0.533. The molecule has 20 heavy (non-hydrogen) atoms. The van der Waals surface area contributed by atoms with Crippen molar-refractivity contribution in [2.24, 2.45) is 0 Å². The molecule has 1 amide bonds. The Morgan fingerprint density at radius 3 is 2.60 bits per heavy atom. The average Bonchev–Trinajstić information content (AvgIpc) is 2.36. The van der Waals surface area contributed by atoms with Crippen LogP contribution < -0.4 is 10.6 Å². The lowest BCUT2D eigenvalue weighted by Crippen LogP contribution is -2.57. The van der Waals surface area contributed by atoms with Crippen LogP contribution in [0.1, 0.15) is 29.6 Å². The molecule has 4 nitrogen and oxygen atoms in total. The smallest absolute Gasteiger partial charge is 0.253 e. The van der Waals surface area contributed by atoms with E-state index in [2.05, 4.69) is 29.6 Å². The highest BCUT2D eigenvalue weighted by atomic mass is 35.5. The maximum absolute atomic E-state index is 12.4. The van der Waals surface area contributed by atoms with Gasteiger partial charge in [-0.1, -0.05) is 11.6 Å². The van der Waals surface area contributed by atoms with Crippen LogP contribution in [-0.4, -0.2) is 44.0 Å². The molecule has 0 heterocycles. The molecule has 1 aliphatic rings. The molecule has 1 aromatic rings. The SMILES string of the molecule is CNc1ccc(Cl)cc1C(=O)NCC1(N(C)C)CCC1. The molecule has 2 rings (SSSR count). The van der Waals surface area contributed by atoms with Crippen LogP contribution in [0.4, 0.5) is 5.69 Å². The number of benzene rings is 1. The number of carbonyl (C=O) groups excluding carboxylic acids is 1. The van der Waals surface area contributed by atoms with E-state index in [1.54, 1.807) is 19.2 Å². The number of hydrogen-bond acceptors (Lipinski definition) is 3. The fourth-order valence-electron chi connectivity index (χ4n) is 2.63. The second-order valence-corrected chi connectivity index (χ2v) is 6.03. The van der Waals surface area contributed by atoms with Gasteiger partial charge in [-0.05, 0) is 51.6 Å². The number of amides is 1. The first-order valence-electron chi connectivity index (χ1n) is 6.91. The minimum Gasteiger partial charge on any atom is -0.387 e. The Morgan fingerprint density at radius 2 is 2.10 bits per heavy atom. The maximum atomic E-state index is 12.4. The zero-order chi connectivity index (χ0) is 14.8. The normalized spacial score (nSPS) is 16.6. The van der Waals surface area contributed by atoms with Crippen molar-refractivity contribution < 1.29 is 4.79 Å². The summed E-state index contributed by atoms with van der Waals surface area (Å²) < 4.78 is 0. The summed E-state index contributed by atoms with van der Waals surface area (Å²) in [5.41, 5.74) is 1.50. The number of hydrogen-bond donors (Lipinski definition) is 2. The first-order chi connectivity index (χ1) is 9.48. The van der Waals surface area contributed by atoms with Crippen molar-refractivity contribution in [2.45, 2.75) is 24.8 Å². The minimum absolute atomic E-state index is 0.0787. The molecule has 0 saturated heterocycles. The van der Waals surface area contributed by atoms with Crippen LogP contribution in [0.2, 0.25) is 5.02 Å². The molecule has 5 heteroatoms. The van der Waals surface area contributed by atoms with Gasteiger partial charge in [0.1, 0.15) is 0 Å². The van der Waals surface area contributed by atoms with Crippen molar-refractivity contribution in [2.75, 3.05) is 33.0 Å². The Hall–Kier alpha value is -1.26. The van der Waals surface area contributed by atoms with Gasteiger partial charge in [-0.25, -0.2) is 0 Å². The summed E-state index contributed by atoms with van der Waals surface area (Å²) in [5.74, 6) is -0.0787. The quantitative estimate of drug-likeness (QED) is 0.877. The number of rotatable bonds is 5. The Morgan fingerprint density at radius 1 is 1.40 bits per heavy atom. The van der Waals surface area contributed by atoms with E-state index in [-0.39, 0.29) is 11.4 Å². The van der Waals surface area contributed by atoms with E-state index in [1.807, 2.05) is 6.07 Å². The predicted octanol–water partition coefficient (Wildman–Crippen LogP) is 2.60. The van der Waals surface area contributed by atoms with E-state index in [4.69, 9.17) is 11.6 Å². The summed E-state index contributed by atoms with van der Waals surface area (Å²) in [6.07, 6.45) is 3.50. The number of anilines is 1. The topological polar surface area (TPSA) is 44.4 Å². The molecule has 0 unspecified atom stereocenters. The van der Waals surface area contributed by atoms with Crippen molar-refractivity contribution in [1.82, 2.24) is 10.2 Å². The van der Waals surface area contributed by atoms with E-state index in [0.717, 1.165) is 18.5 Å². The fourth-order valence-corrected chi connectivity index (χ4v) is 2.80. The van der Waals surface area contributed by atoms with Crippen LogP contribution in [0.25, 0.3) is 0 Å². The third-order valence-corrected chi connectivity index (χ3v) is 4.54. The van der Waals surface area contributed by atoms with Gasteiger partial charge in [0.2, 0.25) is 0 Å². The van der Waals surface area contributed by atoms with E-state index >= 15 is 0 Å². The highest BCUT2D eigenvalue weighted by molar-refractivity contribution is 6.31. The highest BCUT2D eigenvalue weighted by Gasteiger charge is 2.39. The molecule has 1 aromatic carbocycles. The van der Waals surface area contributed by atoms with Crippen molar-refractivity contribution >= 4 is 23.2 Å². The number of carbonyl (C=O) groups is 1. The van der Waals surface area contributed by atoms with Crippen LogP contribution in [0.15, 0.2) is 18.2 Å². The van der Waals surface area contributed by atoms with Crippen molar-refractivity contribution in [3.8, 4) is 0 Å². The Balaban J connectivity index is 2.07. The van der Waals surface area contributed by atoms with Gasteiger partial charge >= 0.3 is 0 Å². The Labute approximate surface area is 125 Å². The highest BCUT2D eigenvalue weighted by Crippen LogP contribution is 2.35. The van der Waals surface area contributed by atoms with Gasteiger partial charge in [-0.15, -0.1) is 0 Å². The molecule has 0 atom stereocenters. The molecule has 0 aliphatic heterocycles. The minimum atomic E-state index is -0.0787. The van der Waals surface area contributed by atoms with Crippen LogP contribution in [0.5, 0.6) is 0 Å². The summed E-state index contributed by atoms with van der Waals surface area (Å²) in [4.78, 5) is 14.6. The number of likely N-dealkylation sites (N-methyl/N-ethyl adjacent to an activating group) is 1. The van der Waals surface area contributed by atoms with E-state index in [0.29, 0.717) is 17.1 Å². The molecular formula is C15H22ClN3O. The summed E-state index contributed by atoms with van der Waals surface area (Å²) in [7, 11) is 5.95. The van der Waals surface area contributed by atoms with Crippen LogP contribution in [0, 0.1) is 0 Å². The lowest BCUT2D eigenvalue weighted by molar-refractivity contribution is 0.0558. The second-order valence-electron chi connectivity index (χ2n) is 5.59. The van der Waals surface area contributed by atoms with Gasteiger partial charge < -0.3 is 15.5 Å². The predicted molar refractivity (Wildman–Crippen MR) is 83.6 cm³/mol. The van der Waals surface area contributed by atoms with Crippen LogP contribution >= 0.6 is 11.6 Å². The molecule has 0 aromatic heterocycles. The average molecular weight is 296 g/mol. The standard InChI is InChI=1S/C15H22ClN3O/c1-17-13-6-5-11(16)9-12(13)14(20)18-10-15(19(2)3)7-4-8-15/h5-6,9,17H,4,7-8,10H2,1-3H3,(H,18,20). The molecule has 1 aliphatic carbocycles. The summed E-state index contributed by atoms with van der Waals surface area (Å²) in [6.45, 7) is 0.675. The van der Waals surface area contributed by atoms with Gasteiger partial charge in [-0.3, -0.25) is 4.79 Å². The zero-order valence-electron chi connectivity index (χ0n) is 12.3. The molecule has 0 bridgehead atoms.